The minimum atomic E-state index is -4.42. The van der Waals surface area contributed by atoms with Crippen molar-refractivity contribution in [2.45, 2.75) is 45.5 Å². The van der Waals surface area contributed by atoms with Gasteiger partial charge in [-0.1, -0.05) is 31.2 Å². The van der Waals surface area contributed by atoms with Gasteiger partial charge in [-0.15, -0.1) is 5.10 Å². The van der Waals surface area contributed by atoms with Crippen LogP contribution in [-0.4, -0.2) is 40.0 Å². The first kappa shape index (κ1) is 24.4. The minimum Gasteiger partial charge on any atom is -0.465 e. The van der Waals surface area contributed by atoms with Crippen LogP contribution in [0.25, 0.3) is 11.3 Å². The van der Waals surface area contributed by atoms with Crippen LogP contribution in [0.3, 0.4) is 0 Å². The van der Waals surface area contributed by atoms with Gasteiger partial charge in [0.15, 0.2) is 0 Å². The summed E-state index contributed by atoms with van der Waals surface area (Å²) in [6.07, 6.45) is -2.06. The molecule has 1 aliphatic rings. The van der Waals surface area contributed by atoms with E-state index in [-0.39, 0.29) is 23.9 Å². The highest BCUT2D eigenvalue weighted by atomic mass is 19.4. The van der Waals surface area contributed by atoms with E-state index in [4.69, 9.17) is 4.74 Å². The van der Waals surface area contributed by atoms with Crippen LogP contribution in [0, 0.1) is 5.92 Å². The molecule has 10 heteroatoms. The minimum absolute atomic E-state index is 0.105. The number of methoxy groups -OCH3 is 1. The second-order valence-corrected chi connectivity index (χ2v) is 8.59. The molecule has 0 spiro atoms. The molecular formula is C25H25F3N4O3. The van der Waals surface area contributed by atoms with Crippen molar-refractivity contribution in [3.05, 3.63) is 65.4 Å². The van der Waals surface area contributed by atoms with Crippen LogP contribution >= 0.6 is 0 Å². The molecule has 3 atom stereocenters. The molecule has 3 aromatic rings. The summed E-state index contributed by atoms with van der Waals surface area (Å²) in [7, 11) is 1.30. The number of ether oxygens (including phenoxy) is 1. The van der Waals surface area contributed by atoms with Gasteiger partial charge >= 0.3 is 12.1 Å². The van der Waals surface area contributed by atoms with E-state index in [1.165, 1.54) is 26.2 Å². The maximum atomic E-state index is 12.9. The summed E-state index contributed by atoms with van der Waals surface area (Å²) >= 11 is 0. The van der Waals surface area contributed by atoms with Crippen LogP contribution in [0.2, 0.25) is 0 Å². The summed E-state index contributed by atoms with van der Waals surface area (Å²) in [5.74, 6) is -0.722. The highest BCUT2D eigenvalue weighted by Gasteiger charge is 2.41. The average molecular weight is 486 g/mol. The third-order valence-corrected chi connectivity index (χ3v) is 6.52. The fourth-order valence-electron chi connectivity index (χ4n) is 4.88. The molecule has 0 unspecified atom stereocenters. The first-order valence-corrected chi connectivity index (χ1v) is 11.2. The fourth-order valence-corrected chi connectivity index (χ4v) is 4.88. The number of esters is 1. The number of carbonyl (C=O) groups is 2. The monoisotopic (exact) mass is 486 g/mol. The Labute approximate surface area is 200 Å². The Morgan fingerprint density at radius 1 is 1.11 bits per heavy atom. The number of amides is 1. The molecule has 1 amide bonds. The normalized spacial score (nSPS) is 19.9. The van der Waals surface area contributed by atoms with Gasteiger partial charge in [0.25, 0.3) is 0 Å². The van der Waals surface area contributed by atoms with Gasteiger partial charge in [0.1, 0.15) is 5.69 Å². The highest BCUT2D eigenvalue weighted by molar-refractivity contribution is 5.96. The molecule has 184 valence electrons. The van der Waals surface area contributed by atoms with E-state index in [9.17, 15) is 22.8 Å². The standard InChI is InChI=1S/C25H25F3N4O3/c1-5-21-14(2)23(19-12-17(24(34)35-4)8-11-22(19)32(21)15(3)33)31-13-20(29-30-31)16-6-9-18(10-7-16)25(26,27)28/h6-14,21,23H,5H2,1-4H3/t14-,21+,23+/m1/s1. The Morgan fingerprint density at radius 3 is 2.37 bits per heavy atom. The van der Waals surface area contributed by atoms with Crippen molar-refractivity contribution in [1.29, 1.82) is 0 Å². The Balaban J connectivity index is 1.80. The summed E-state index contributed by atoms with van der Waals surface area (Å²) in [6, 6.07) is 9.28. The molecule has 4 rings (SSSR count). The Hall–Kier alpha value is -3.69. The number of alkyl halides is 3. The second-order valence-electron chi connectivity index (χ2n) is 8.59. The van der Waals surface area contributed by atoms with Gasteiger partial charge in [-0.2, -0.15) is 13.2 Å². The van der Waals surface area contributed by atoms with E-state index in [0.717, 1.165) is 12.1 Å². The number of aromatic nitrogens is 3. The zero-order valence-electron chi connectivity index (χ0n) is 19.7. The van der Waals surface area contributed by atoms with Crippen molar-refractivity contribution in [1.82, 2.24) is 15.0 Å². The summed E-state index contributed by atoms with van der Waals surface area (Å²) in [6.45, 7) is 5.50. The lowest BCUT2D eigenvalue weighted by Gasteiger charge is -2.44. The van der Waals surface area contributed by atoms with Gasteiger partial charge in [-0.05, 0) is 36.8 Å². The molecule has 0 fully saturated rings. The van der Waals surface area contributed by atoms with Crippen molar-refractivity contribution in [2.24, 2.45) is 5.92 Å². The van der Waals surface area contributed by atoms with Gasteiger partial charge in [-0.25, -0.2) is 9.48 Å². The largest absolute Gasteiger partial charge is 0.465 e. The molecule has 0 saturated carbocycles. The van der Waals surface area contributed by atoms with Crippen LogP contribution in [0.1, 0.15) is 54.7 Å². The van der Waals surface area contributed by atoms with Crippen molar-refractivity contribution in [3.8, 4) is 11.3 Å². The van der Waals surface area contributed by atoms with Gasteiger partial charge in [0, 0.05) is 35.7 Å². The second kappa shape index (κ2) is 9.16. The first-order chi connectivity index (χ1) is 16.6. The van der Waals surface area contributed by atoms with E-state index in [1.807, 2.05) is 13.8 Å². The molecule has 2 heterocycles. The number of hydrogen-bond donors (Lipinski definition) is 0. The third-order valence-electron chi connectivity index (χ3n) is 6.52. The molecule has 1 aromatic heterocycles. The molecule has 2 aromatic carbocycles. The zero-order chi connectivity index (χ0) is 25.5. The summed E-state index contributed by atoms with van der Waals surface area (Å²) in [4.78, 5) is 26.6. The lowest BCUT2D eigenvalue weighted by atomic mass is 9.80. The summed E-state index contributed by atoms with van der Waals surface area (Å²) in [5.41, 5.74) is 1.89. The maximum absolute atomic E-state index is 12.9. The van der Waals surface area contributed by atoms with Gasteiger partial charge in [0.05, 0.1) is 30.5 Å². The Morgan fingerprint density at radius 2 is 1.80 bits per heavy atom. The molecular weight excluding hydrogens is 461 g/mol. The smallest absolute Gasteiger partial charge is 0.416 e. The lowest BCUT2D eigenvalue weighted by Crippen LogP contribution is -2.49. The molecule has 0 radical (unpaired) electrons. The highest BCUT2D eigenvalue weighted by Crippen LogP contribution is 2.44. The van der Waals surface area contributed by atoms with Crippen molar-refractivity contribution in [3.63, 3.8) is 0 Å². The van der Waals surface area contributed by atoms with E-state index < -0.39 is 17.7 Å². The summed E-state index contributed by atoms with van der Waals surface area (Å²) < 4.78 is 45.3. The molecule has 0 saturated heterocycles. The number of carbonyl (C=O) groups excluding carboxylic acids is 2. The van der Waals surface area contributed by atoms with Crippen LogP contribution in [-0.2, 0) is 15.7 Å². The number of fused-ring (bicyclic) bond motifs is 1. The zero-order valence-corrected chi connectivity index (χ0v) is 19.7. The van der Waals surface area contributed by atoms with Gasteiger partial charge < -0.3 is 9.64 Å². The molecule has 35 heavy (non-hydrogen) atoms. The summed E-state index contributed by atoms with van der Waals surface area (Å²) in [5, 5.41) is 8.49. The van der Waals surface area contributed by atoms with Crippen molar-refractivity contribution >= 4 is 17.6 Å². The van der Waals surface area contributed by atoms with E-state index in [2.05, 4.69) is 10.3 Å². The van der Waals surface area contributed by atoms with Gasteiger partial charge in [0.2, 0.25) is 5.91 Å². The van der Waals surface area contributed by atoms with E-state index >= 15 is 0 Å². The molecule has 1 aliphatic heterocycles. The number of nitrogens with zero attached hydrogens (tertiary/aromatic N) is 4. The van der Waals surface area contributed by atoms with Crippen molar-refractivity contribution < 1.29 is 27.5 Å². The number of hydrogen-bond acceptors (Lipinski definition) is 5. The number of benzene rings is 2. The number of halogens is 3. The lowest BCUT2D eigenvalue weighted by molar-refractivity contribution is -0.137. The fraction of sp³-hybridized carbons (Fsp3) is 0.360. The Kier molecular flexibility index (Phi) is 6.40. The first-order valence-electron chi connectivity index (χ1n) is 11.2. The van der Waals surface area contributed by atoms with Crippen molar-refractivity contribution in [2.75, 3.05) is 12.0 Å². The van der Waals surface area contributed by atoms with Crippen LogP contribution in [0.5, 0.6) is 0 Å². The predicted octanol–water partition coefficient (Wildman–Crippen LogP) is 5.12. The molecule has 0 aliphatic carbocycles. The number of anilines is 1. The maximum Gasteiger partial charge on any atom is 0.416 e. The predicted molar refractivity (Wildman–Crippen MR) is 123 cm³/mol. The Bertz CT molecular complexity index is 1250. The molecule has 0 bridgehead atoms. The SMILES string of the molecule is CC[C@H]1[C@@H](C)[C@H](n2cc(-c3ccc(C(F)(F)F)cc3)nn2)c2cc(C(=O)OC)ccc2N1C(C)=O. The van der Waals surface area contributed by atoms with Crippen LogP contribution in [0.15, 0.2) is 48.7 Å². The van der Waals surface area contributed by atoms with Crippen LogP contribution < -0.4 is 4.90 Å². The van der Waals surface area contributed by atoms with Crippen LogP contribution in [0.4, 0.5) is 18.9 Å². The quantitative estimate of drug-likeness (QED) is 0.479. The molecule has 7 nitrogen and oxygen atoms in total. The average Bonchev–Trinajstić information content (AvgIpc) is 3.31. The third kappa shape index (κ3) is 4.40. The van der Waals surface area contributed by atoms with E-state index in [0.29, 0.717) is 34.5 Å². The van der Waals surface area contributed by atoms with Gasteiger partial charge in [-0.3, -0.25) is 4.79 Å². The number of rotatable bonds is 4. The molecule has 0 N–H and O–H groups in total. The van der Waals surface area contributed by atoms with E-state index in [1.54, 1.807) is 34.0 Å². The topological polar surface area (TPSA) is 77.3 Å².